The molecule has 1 aromatic rings. The molecule has 0 aliphatic carbocycles. The summed E-state index contributed by atoms with van der Waals surface area (Å²) >= 11 is 0. The summed E-state index contributed by atoms with van der Waals surface area (Å²) in [6.45, 7) is 5.87. The first kappa shape index (κ1) is 11.3. The van der Waals surface area contributed by atoms with E-state index in [1.807, 2.05) is 37.3 Å². The molecule has 2 rings (SSSR count). The highest BCUT2D eigenvalue weighted by atomic mass is 16.1. The van der Waals surface area contributed by atoms with Gasteiger partial charge in [-0.05, 0) is 6.92 Å². The molecule has 1 N–H and O–H groups in total. The van der Waals surface area contributed by atoms with Crippen molar-refractivity contribution in [1.82, 2.24) is 10.2 Å². The number of ketones is 1. The summed E-state index contributed by atoms with van der Waals surface area (Å²) in [4.78, 5) is 14.4. The fourth-order valence-corrected chi connectivity index (χ4v) is 2.08. The number of carbonyl (C=O) groups is 1. The summed E-state index contributed by atoms with van der Waals surface area (Å²) < 4.78 is 0. The van der Waals surface area contributed by atoms with Crippen molar-refractivity contribution in [2.24, 2.45) is 0 Å². The Hall–Kier alpha value is -1.19. The molecule has 0 spiro atoms. The van der Waals surface area contributed by atoms with Crippen LogP contribution in [0.25, 0.3) is 0 Å². The van der Waals surface area contributed by atoms with Gasteiger partial charge in [-0.25, -0.2) is 0 Å². The summed E-state index contributed by atoms with van der Waals surface area (Å²) in [5.74, 6) is 0.225. The van der Waals surface area contributed by atoms with Gasteiger partial charge in [-0.2, -0.15) is 0 Å². The number of hydrogen-bond donors (Lipinski definition) is 1. The molecule has 3 heteroatoms. The SMILES string of the molecule is CC(C(=O)c1ccccc1)N1CCNCC1. The monoisotopic (exact) mass is 218 g/mol. The molecule has 1 aliphatic rings. The molecule has 86 valence electrons. The number of rotatable bonds is 3. The van der Waals surface area contributed by atoms with E-state index in [0.29, 0.717) is 0 Å². The average Bonchev–Trinajstić information content (AvgIpc) is 2.39. The number of piperazine rings is 1. The summed E-state index contributed by atoms with van der Waals surface area (Å²) in [6, 6.07) is 9.54. The first-order chi connectivity index (χ1) is 7.79. The Morgan fingerprint density at radius 3 is 2.50 bits per heavy atom. The fourth-order valence-electron chi connectivity index (χ4n) is 2.08. The third-order valence-corrected chi connectivity index (χ3v) is 3.14. The number of Topliss-reactive ketones (excluding diaryl/α,β-unsaturated/α-hetero) is 1. The predicted molar refractivity (Wildman–Crippen MR) is 64.7 cm³/mol. The predicted octanol–water partition coefficient (Wildman–Crippen LogP) is 1.16. The Labute approximate surface area is 96.5 Å². The lowest BCUT2D eigenvalue weighted by Gasteiger charge is -2.31. The molecule has 1 unspecified atom stereocenters. The Morgan fingerprint density at radius 2 is 1.88 bits per heavy atom. The van der Waals surface area contributed by atoms with E-state index in [0.717, 1.165) is 31.7 Å². The molecule has 16 heavy (non-hydrogen) atoms. The minimum atomic E-state index is -0.00972. The van der Waals surface area contributed by atoms with Gasteiger partial charge in [0.25, 0.3) is 0 Å². The van der Waals surface area contributed by atoms with Crippen LogP contribution in [0.15, 0.2) is 30.3 Å². The van der Waals surface area contributed by atoms with Gasteiger partial charge in [0.15, 0.2) is 5.78 Å². The molecule has 3 nitrogen and oxygen atoms in total. The Kier molecular flexibility index (Phi) is 3.70. The third kappa shape index (κ3) is 2.49. The van der Waals surface area contributed by atoms with Crippen LogP contribution < -0.4 is 5.32 Å². The second kappa shape index (κ2) is 5.23. The summed E-state index contributed by atoms with van der Waals surface area (Å²) in [5.41, 5.74) is 0.813. The lowest BCUT2D eigenvalue weighted by atomic mass is 10.0. The van der Waals surface area contributed by atoms with Crippen molar-refractivity contribution in [2.75, 3.05) is 26.2 Å². The molecule has 1 heterocycles. The normalized spacial score (nSPS) is 19.3. The van der Waals surface area contributed by atoms with Crippen LogP contribution >= 0.6 is 0 Å². The number of carbonyl (C=O) groups excluding carboxylic acids is 1. The maximum Gasteiger partial charge on any atom is 0.179 e. The number of nitrogens with one attached hydrogen (secondary N) is 1. The highest BCUT2D eigenvalue weighted by Gasteiger charge is 2.23. The Morgan fingerprint density at radius 1 is 1.25 bits per heavy atom. The molecule has 0 radical (unpaired) electrons. The number of benzene rings is 1. The van der Waals surface area contributed by atoms with Gasteiger partial charge in [-0.1, -0.05) is 30.3 Å². The van der Waals surface area contributed by atoms with Crippen LogP contribution in [0.3, 0.4) is 0 Å². The van der Waals surface area contributed by atoms with Crippen molar-refractivity contribution in [3.63, 3.8) is 0 Å². The minimum Gasteiger partial charge on any atom is -0.314 e. The molecule has 1 atom stereocenters. The van der Waals surface area contributed by atoms with E-state index in [4.69, 9.17) is 0 Å². The van der Waals surface area contributed by atoms with E-state index in [1.54, 1.807) is 0 Å². The largest absolute Gasteiger partial charge is 0.314 e. The van der Waals surface area contributed by atoms with Crippen molar-refractivity contribution >= 4 is 5.78 Å². The molecule has 0 saturated carbocycles. The summed E-state index contributed by atoms with van der Waals surface area (Å²) in [7, 11) is 0. The van der Waals surface area contributed by atoms with Gasteiger partial charge >= 0.3 is 0 Å². The first-order valence-electron chi connectivity index (χ1n) is 5.83. The zero-order chi connectivity index (χ0) is 11.4. The zero-order valence-corrected chi connectivity index (χ0v) is 9.65. The van der Waals surface area contributed by atoms with Gasteiger partial charge < -0.3 is 5.32 Å². The quantitative estimate of drug-likeness (QED) is 0.773. The van der Waals surface area contributed by atoms with Crippen molar-refractivity contribution in [3.8, 4) is 0 Å². The maximum absolute atomic E-state index is 12.2. The summed E-state index contributed by atoms with van der Waals surface area (Å²) in [5, 5.41) is 3.30. The highest BCUT2D eigenvalue weighted by Crippen LogP contribution is 2.09. The topological polar surface area (TPSA) is 32.3 Å². The van der Waals surface area contributed by atoms with Crippen molar-refractivity contribution < 1.29 is 4.79 Å². The van der Waals surface area contributed by atoms with E-state index >= 15 is 0 Å². The first-order valence-corrected chi connectivity index (χ1v) is 5.83. The van der Waals surface area contributed by atoms with Crippen molar-refractivity contribution in [2.45, 2.75) is 13.0 Å². The minimum absolute atomic E-state index is 0.00972. The van der Waals surface area contributed by atoms with Gasteiger partial charge in [0.05, 0.1) is 6.04 Å². The third-order valence-electron chi connectivity index (χ3n) is 3.14. The van der Waals surface area contributed by atoms with Gasteiger partial charge in [-0.3, -0.25) is 9.69 Å². The van der Waals surface area contributed by atoms with Crippen molar-refractivity contribution in [3.05, 3.63) is 35.9 Å². The van der Waals surface area contributed by atoms with Crippen LogP contribution in [-0.4, -0.2) is 42.9 Å². The molecule has 1 aromatic carbocycles. The van der Waals surface area contributed by atoms with Crippen LogP contribution in [0, 0.1) is 0 Å². The molecule has 1 fully saturated rings. The van der Waals surface area contributed by atoms with Gasteiger partial charge in [-0.15, -0.1) is 0 Å². The molecule has 1 saturated heterocycles. The lowest BCUT2D eigenvalue weighted by molar-refractivity contribution is 0.0820. The molecule has 0 amide bonds. The van der Waals surface area contributed by atoms with E-state index < -0.39 is 0 Å². The second-order valence-electron chi connectivity index (χ2n) is 4.19. The average molecular weight is 218 g/mol. The van der Waals surface area contributed by atoms with E-state index in [9.17, 15) is 4.79 Å². The number of hydrogen-bond acceptors (Lipinski definition) is 3. The zero-order valence-electron chi connectivity index (χ0n) is 9.65. The van der Waals surface area contributed by atoms with Crippen LogP contribution in [0.1, 0.15) is 17.3 Å². The van der Waals surface area contributed by atoms with E-state index in [-0.39, 0.29) is 11.8 Å². The maximum atomic E-state index is 12.2. The van der Waals surface area contributed by atoms with Crippen LogP contribution in [0.4, 0.5) is 0 Å². The molecular formula is C13H18N2O. The second-order valence-corrected chi connectivity index (χ2v) is 4.19. The fraction of sp³-hybridized carbons (Fsp3) is 0.462. The van der Waals surface area contributed by atoms with Crippen molar-refractivity contribution in [1.29, 1.82) is 0 Å². The summed E-state index contributed by atoms with van der Waals surface area (Å²) in [6.07, 6.45) is 0. The smallest absolute Gasteiger partial charge is 0.179 e. The Balaban J connectivity index is 2.04. The van der Waals surface area contributed by atoms with Gasteiger partial charge in [0.1, 0.15) is 0 Å². The molecule has 1 aliphatic heterocycles. The van der Waals surface area contributed by atoms with E-state index in [1.165, 1.54) is 0 Å². The van der Waals surface area contributed by atoms with Gasteiger partial charge in [0, 0.05) is 31.7 Å². The highest BCUT2D eigenvalue weighted by molar-refractivity contribution is 5.99. The molecule has 0 bridgehead atoms. The van der Waals surface area contributed by atoms with Crippen LogP contribution in [0.2, 0.25) is 0 Å². The lowest BCUT2D eigenvalue weighted by Crippen LogP contribution is -2.50. The number of nitrogens with zero attached hydrogens (tertiary/aromatic N) is 1. The van der Waals surface area contributed by atoms with Gasteiger partial charge in [0.2, 0.25) is 0 Å². The van der Waals surface area contributed by atoms with Crippen LogP contribution in [-0.2, 0) is 0 Å². The standard InChI is InChI=1S/C13H18N2O/c1-11(15-9-7-14-8-10-15)13(16)12-5-3-2-4-6-12/h2-6,11,14H,7-10H2,1H3. The molecule has 0 aromatic heterocycles. The Bertz CT molecular complexity index is 344. The van der Waals surface area contributed by atoms with E-state index in [2.05, 4.69) is 10.2 Å². The van der Waals surface area contributed by atoms with Crippen LogP contribution in [0.5, 0.6) is 0 Å². The molecular weight excluding hydrogens is 200 g/mol.